The fraction of sp³-hybridized carbons (Fsp3) is 0.270. The summed E-state index contributed by atoms with van der Waals surface area (Å²) >= 11 is 0. The van der Waals surface area contributed by atoms with Crippen LogP contribution in [0.2, 0.25) is 0 Å². The van der Waals surface area contributed by atoms with E-state index in [1.807, 2.05) is 0 Å². The number of nitrogens with zero attached hydrogens (tertiary/aromatic N) is 3. The lowest BCUT2D eigenvalue weighted by molar-refractivity contribution is -0.141. The Kier molecular flexibility index (Phi) is 10.4. The largest absolute Gasteiger partial charge is 0.497 e. The number of para-hydroxylation sites is 1. The van der Waals surface area contributed by atoms with Crippen molar-refractivity contribution in [2.75, 3.05) is 12.4 Å². The van der Waals surface area contributed by atoms with Crippen LogP contribution in [0.5, 0.6) is 17.2 Å². The van der Waals surface area contributed by atoms with E-state index in [0.29, 0.717) is 28.1 Å². The lowest BCUT2D eigenvalue weighted by Gasteiger charge is -2.26. The van der Waals surface area contributed by atoms with E-state index < -0.39 is 46.9 Å². The number of amides is 2. The van der Waals surface area contributed by atoms with E-state index in [0.717, 1.165) is 6.07 Å². The number of hydrogen-bond acceptors (Lipinski definition) is 8. The van der Waals surface area contributed by atoms with Crippen LogP contribution in [0.15, 0.2) is 83.8 Å². The molecule has 0 saturated heterocycles. The number of rotatable bonds is 11. The number of carboxylic acid groups (broad SMARTS) is 1. The summed E-state index contributed by atoms with van der Waals surface area (Å²) in [4.78, 5) is 56.6. The van der Waals surface area contributed by atoms with E-state index in [4.69, 9.17) is 14.2 Å². The summed E-state index contributed by atoms with van der Waals surface area (Å²) in [6.07, 6.45) is 0.616. The number of methoxy groups -OCH3 is 1. The molecule has 14 heteroatoms. The van der Waals surface area contributed by atoms with Crippen LogP contribution in [0.3, 0.4) is 0 Å². The van der Waals surface area contributed by atoms with Crippen LogP contribution in [0, 0.1) is 18.7 Å². The van der Waals surface area contributed by atoms with Gasteiger partial charge in [-0.3, -0.25) is 19.3 Å². The number of carbonyl (C=O) groups excluding carboxylic acids is 2. The molecule has 0 fully saturated rings. The molecule has 2 atom stereocenters. The fourth-order valence-corrected chi connectivity index (χ4v) is 5.51. The minimum absolute atomic E-state index is 0.0628. The third kappa shape index (κ3) is 8.18. The molecule has 0 aliphatic carbocycles. The molecular formula is C37H38FN5O8. The smallest absolute Gasteiger partial charge is 0.408 e. The summed E-state index contributed by atoms with van der Waals surface area (Å²) in [5, 5.41) is 15.6. The van der Waals surface area contributed by atoms with Crippen molar-refractivity contribution in [1.82, 2.24) is 19.7 Å². The van der Waals surface area contributed by atoms with Gasteiger partial charge in [-0.25, -0.2) is 18.7 Å². The molecule has 3 N–H and O–H groups in total. The molecule has 2 heterocycles. The Bertz CT molecular complexity index is 2160. The maximum absolute atomic E-state index is 15.4. The van der Waals surface area contributed by atoms with Crippen molar-refractivity contribution >= 4 is 34.6 Å². The zero-order valence-electron chi connectivity index (χ0n) is 28.9. The predicted octanol–water partition coefficient (Wildman–Crippen LogP) is 6.30. The number of carboxylic acids is 1. The zero-order valence-corrected chi connectivity index (χ0v) is 28.9. The van der Waals surface area contributed by atoms with E-state index in [2.05, 4.69) is 15.6 Å². The van der Waals surface area contributed by atoms with Crippen LogP contribution >= 0.6 is 0 Å². The number of anilines is 1. The van der Waals surface area contributed by atoms with Crippen molar-refractivity contribution in [3.63, 3.8) is 0 Å². The number of halogens is 1. The number of alkyl carbamates (subject to hydrolysis) is 1. The molecule has 13 nitrogen and oxygen atoms in total. The van der Waals surface area contributed by atoms with E-state index >= 15 is 4.39 Å². The quantitative estimate of drug-likeness (QED) is 0.144. The molecule has 0 aliphatic rings. The lowest BCUT2D eigenvalue weighted by atomic mass is 10.0. The highest BCUT2D eigenvalue weighted by Crippen LogP contribution is 2.33. The van der Waals surface area contributed by atoms with E-state index in [1.165, 1.54) is 27.7 Å². The molecule has 51 heavy (non-hydrogen) atoms. The molecule has 0 radical (unpaired) electrons. The van der Waals surface area contributed by atoms with Crippen molar-refractivity contribution in [3.05, 3.63) is 106 Å². The number of benzene rings is 3. The molecule has 5 rings (SSSR count). The zero-order chi connectivity index (χ0) is 37.0. The number of carbonyl (C=O) groups is 3. The Morgan fingerprint density at radius 2 is 1.73 bits per heavy atom. The highest BCUT2D eigenvalue weighted by atomic mass is 19.1. The summed E-state index contributed by atoms with van der Waals surface area (Å²) in [6, 6.07) is 17.8. The van der Waals surface area contributed by atoms with E-state index in [-0.39, 0.29) is 29.2 Å². The van der Waals surface area contributed by atoms with Gasteiger partial charge >= 0.3 is 12.1 Å². The highest BCUT2D eigenvalue weighted by Gasteiger charge is 2.32. The first-order valence-electron chi connectivity index (χ1n) is 16.0. The fourth-order valence-electron chi connectivity index (χ4n) is 5.51. The van der Waals surface area contributed by atoms with Crippen molar-refractivity contribution in [1.29, 1.82) is 0 Å². The molecule has 0 saturated carbocycles. The van der Waals surface area contributed by atoms with Gasteiger partial charge in [0.2, 0.25) is 0 Å². The summed E-state index contributed by atoms with van der Waals surface area (Å²) in [5.41, 5.74) is -0.493. The molecular weight excluding hydrogens is 661 g/mol. The van der Waals surface area contributed by atoms with Gasteiger partial charge in [-0.15, -0.1) is 0 Å². The van der Waals surface area contributed by atoms with Gasteiger partial charge in [0.1, 0.15) is 28.7 Å². The van der Waals surface area contributed by atoms with Crippen molar-refractivity contribution in [3.8, 4) is 22.9 Å². The third-order valence-corrected chi connectivity index (χ3v) is 7.91. The van der Waals surface area contributed by atoms with Gasteiger partial charge in [0.15, 0.2) is 11.6 Å². The Labute approximate surface area is 292 Å². The van der Waals surface area contributed by atoms with Crippen LogP contribution in [0.25, 0.3) is 16.6 Å². The average Bonchev–Trinajstić information content (AvgIpc) is 3.32. The number of pyridine rings is 1. The van der Waals surface area contributed by atoms with Crippen LogP contribution in [0.1, 0.15) is 43.7 Å². The van der Waals surface area contributed by atoms with Crippen LogP contribution in [-0.2, 0) is 16.1 Å². The molecule has 0 bridgehead atoms. The summed E-state index contributed by atoms with van der Waals surface area (Å²) in [5.74, 6) is -2.81. The Hall–Kier alpha value is -6.18. The third-order valence-electron chi connectivity index (χ3n) is 7.91. The van der Waals surface area contributed by atoms with Gasteiger partial charge in [0.25, 0.3) is 11.5 Å². The molecule has 0 spiro atoms. The Morgan fingerprint density at radius 1 is 1.00 bits per heavy atom. The highest BCUT2D eigenvalue weighted by molar-refractivity contribution is 6.05. The first-order valence-corrected chi connectivity index (χ1v) is 16.0. The standard InChI is InChI=1S/C37H38FN5O8/c1-21(32(35(46)47)41-36(48)51-37(3,4)5)20-42-22(2)31(34(45)43(42)24-10-8-7-9-11-24)33(44)40-23-12-15-30(27(38)18-23)50-29-16-17-39-28-19-25(49-6)13-14-26(28)29/h7-19,21,32H,20H2,1-6H3,(H,40,44)(H,41,48)(H,46,47)/t21?,32-/m1/s1. The van der Waals surface area contributed by atoms with Crippen LogP contribution in [0.4, 0.5) is 14.9 Å². The van der Waals surface area contributed by atoms with Crippen LogP contribution in [-0.4, -0.2) is 56.2 Å². The van der Waals surface area contributed by atoms with E-state index in [1.54, 1.807) is 96.3 Å². The first kappa shape index (κ1) is 36.1. The topological polar surface area (TPSA) is 163 Å². The Morgan fingerprint density at radius 3 is 2.37 bits per heavy atom. The molecule has 0 aliphatic heterocycles. The second-order valence-corrected chi connectivity index (χ2v) is 12.8. The lowest BCUT2D eigenvalue weighted by Crippen LogP contribution is -2.48. The summed E-state index contributed by atoms with van der Waals surface area (Å²) in [7, 11) is 1.54. The van der Waals surface area contributed by atoms with Gasteiger partial charge in [-0.05, 0) is 70.2 Å². The molecule has 3 aromatic carbocycles. The predicted molar refractivity (Wildman–Crippen MR) is 187 cm³/mol. The monoisotopic (exact) mass is 699 g/mol. The minimum atomic E-state index is -1.39. The number of nitrogens with one attached hydrogen (secondary N) is 2. The summed E-state index contributed by atoms with van der Waals surface area (Å²) < 4.78 is 34.5. The van der Waals surface area contributed by atoms with Crippen molar-refractivity contribution in [2.45, 2.75) is 52.8 Å². The van der Waals surface area contributed by atoms with Crippen LogP contribution < -0.4 is 25.7 Å². The van der Waals surface area contributed by atoms with Crippen molar-refractivity contribution in [2.24, 2.45) is 5.92 Å². The van der Waals surface area contributed by atoms with Gasteiger partial charge in [0, 0.05) is 41.9 Å². The van der Waals surface area contributed by atoms with E-state index in [9.17, 15) is 24.3 Å². The molecule has 2 aromatic heterocycles. The average molecular weight is 700 g/mol. The number of aromatic nitrogens is 3. The second-order valence-electron chi connectivity index (χ2n) is 12.8. The maximum Gasteiger partial charge on any atom is 0.408 e. The number of ether oxygens (including phenoxy) is 3. The maximum atomic E-state index is 15.4. The molecule has 5 aromatic rings. The molecule has 2 amide bonds. The van der Waals surface area contributed by atoms with Gasteiger partial charge < -0.3 is 30.0 Å². The Balaban J connectivity index is 1.42. The number of fused-ring (bicyclic) bond motifs is 1. The summed E-state index contributed by atoms with van der Waals surface area (Å²) in [6.45, 7) is 8.00. The number of hydrogen-bond donors (Lipinski definition) is 3. The number of aliphatic carboxylic acids is 1. The molecule has 1 unspecified atom stereocenters. The normalized spacial score (nSPS) is 12.5. The van der Waals surface area contributed by atoms with Gasteiger partial charge in [-0.2, -0.15) is 0 Å². The minimum Gasteiger partial charge on any atom is -0.497 e. The molecule has 266 valence electrons. The van der Waals surface area contributed by atoms with Crippen molar-refractivity contribution < 1.29 is 38.1 Å². The second kappa shape index (κ2) is 14.7. The van der Waals surface area contributed by atoms with Gasteiger partial charge in [-0.1, -0.05) is 25.1 Å². The first-order chi connectivity index (χ1) is 24.2. The van der Waals surface area contributed by atoms with Gasteiger partial charge in [0.05, 0.1) is 24.0 Å². The SMILES string of the molecule is COc1ccc2c(Oc3ccc(NC(=O)c4c(C)n(CC(C)[C@@H](NC(=O)OC(C)(C)C)C(=O)O)n(-c5ccccc5)c4=O)cc3F)ccnc2c1.